The molecule has 0 aliphatic carbocycles. The maximum Gasteiger partial charge on any atom is 0.321 e. The van der Waals surface area contributed by atoms with E-state index in [4.69, 9.17) is 14.2 Å². The van der Waals surface area contributed by atoms with Gasteiger partial charge in [-0.2, -0.15) is 0 Å². The molecule has 204 valence electrons. The average molecular weight is 512 g/mol. The number of hydrogen-bond acceptors (Lipinski definition) is 9. The van der Waals surface area contributed by atoms with Gasteiger partial charge in [-0.3, -0.25) is 19.2 Å². The molecule has 1 aromatic rings. The molecule has 0 radical (unpaired) electrons. The molecule has 0 atom stereocenters. The van der Waals surface area contributed by atoms with Gasteiger partial charge in [-0.05, 0) is 57.7 Å². The van der Waals surface area contributed by atoms with Crippen LogP contribution in [0, 0.1) is 5.92 Å². The van der Waals surface area contributed by atoms with E-state index < -0.39 is 11.8 Å². The van der Waals surface area contributed by atoms with E-state index in [1.807, 2.05) is 26.0 Å². The van der Waals surface area contributed by atoms with Crippen LogP contribution in [0.2, 0.25) is 0 Å². The third-order valence-corrected chi connectivity index (χ3v) is 4.84. The first-order valence-corrected chi connectivity index (χ1v) is 11.6. The summed E-state index contributed by atoms with van der Waals surface area (Å²) in [6, 6.07) is 7.15. The van der Waals surface area contributed by atoms with Gasteiger partial charge in [-0.25, -0.2) is 0 Å². The van der Waals surface area contributed by atoms with Crippen LogP contribution in [-0.2, 0) is 44.8 Å². The van der Waals surface area contributed by atoms with E-state index in [-0.39, 0.29) is 30.5 Å². The van der Waals surface area contributed by atoms with Crippen LogP contribution in [0.4, 0.5) is 0 Å². The second-order valence-corrected chi connectivity index (χ2v) is 9.68. The number of benzene rings is 1. The minimum absolute atomic E-state index is 0.0516. The molecule has 10 heteroatoms. The molecule has 2 amide bonds. The highest BCUT2D eigenvalue weighted by Crippen LogP contribution is 2.22. The van der Waals surface area contributed by atoms with E-state index in [1.54, 1.807) is 26.4 Å². The van der Waals surface area contributed by atoms with Crippen molar-refractivity contribution in [3.63, 3.8) is 0 Å². The summed E-state index contributed by atoms with van der Waals surface area (Å²) >= 11 is 0. The first kappa shape index (κ1) is 33.2. The van der Waals surface area contributed by atoms with Crippen molar-refractivity contribution in [2.75, 3.05) is 20.8 Å². The third-order valence-electron chi connectivity index (χ3n) is 4.84. The van der Waals surface area contributed by atoms with E-state index >= 15 is 0 Å². The van der Waals surface area contributed by atoms with Gasteiger partial charge >= 0.3 is 6.47 Å². The van der Waals surface area contributed by atoms with Crippen molar-refractivity contribution in [2.45, 2.75) is 78.6 Å². The van der Waals surface area contributed by atoms with Crippen molar-refractivity contribution < 1.29 is 43.0 Å². The van der Waals surface area contributed by atoms with Crippen molar-refractivity contribution in [2.24, 2.45) is 5.92 Å². The van der Waals surface area contributed by atoms with Crippen LogP contribution in [0.25, 0.3) is 0 Å². The lowest BCUT2D eigenvalue weighted by Gasteiger charge is -2.32. The molecular weight excluding hydrogens is 470 g/mol. The molecule has 1 heterocycles. The van der Waals surface area contributed by atoms with Gasteiger partial charge in [0.15, 0.2) is 0 Å². The largest absolute Gasteiger partial charge is 0.429 e. The topological polar surface area (TPSA) is 118 Å². The number of hydrogen-bond donors (Lipinski definition) is 0. The van der Waals surface area contributed by atoms with Gasteiger partial charge in [0.05, 0.1) is 24.4 Å². The molecule has 0 unspecified atom stereocenters. The lowest BCUT2D eigenvalue weighted by atomic mass is 9.96. The van der Waals surface area contributed by atoms with Gasteiger partial charge in [0.25, 0.3) is 18.3 Å². The molecule has 36 heavy (non-hydrogen) atoms. The van der Waals surface area contributed by atoms with Crippen LogP contribution in [0.15, 0.2) is 24.3 Å². The number of rotatable bonds is 12. The fourth-order valence-electron chi connectivity index (χ4n) is 3.07. The third kappa shape index (κ3) is 14.6. The number of hydroxylamine groups is 2. The number of ether oxygens (including phenoxy) is 4. The average Bonchev–Trinajstić information content (AvgIpc) is 3.12. The minimum Gasteiger partial charge on any atom is -0.429 e. The highest BCUT2D eigenvalue weighted by atomic mass is 16.7. The zero-order valence-electron chi connectivity index (χ0n) is 22.7. The molecule has 2 rings (SSSR count). The monoisotopic (exact) mass is 511 g/mol. The number of carbonyl (C=O) groups is 4. The van der Waals surface area contributed by atoms with Gasteiger partial charge in [-0.15, -0.1) is 5.06 Å². The number of carbonyl (C=O) groups excluding carboxylic acids is 4. The molecule has 1 aromatic carbocycles. The van der Waals surface area contributed by atoms with Crippen molar-refractivity contribution in [1.82, 2.24) is 5.06 Å². The Bertz CT molecular complexity index is 788. The summed E-state index contributed by atoms with van der Waals surface area (Å²) in [6.07, 6.45) is 1.34. The summed E-state index contributed by atoms with van der Waals surface area (Å²) in [7, 11) is 3.36. The van der Waals surface area contributed by atoms with Gasteiger partial charge in [-0.1, -0.05) is 26.0 Å². The van der Waals surface area contributed by atoms with Crippen LogP contribution in [0.5, 0.6) is 5.75 Å². The Balaban J connectivity index is 0.000000516. The van der Waals surface area contributed by atoms with Crippen molar-refractivity contribution in [1.29, 1.82) is 0 Å². The van der Waals surface area contributed by atoms with E-state index in [0.717, 1.165) is 12.0 Å². The van der Waals surface area contributed by atoms with Gasteiger partial charge in [0.1, 0.15) is 5.75 Å². The highest BCUT2D eigenvalue weighted by Gasteiger charge is 2.30. The molecule has 0 N–H and O–H groups in total. The fourth-order valence-corrected chi connectivity index (χ4v) is 3.07. The fraction of sp³-hybridized carbons (Fsp3) is 0.615. The number of nitrogens with zero attached hydrogens (tertiary/aromatic N) is 1. The summed E-state index contributed by atoms with van der Waals surface area (Å²) in [5.41, 5.74) is 0.814. The number of methoxy groups -OCH3 is 2. The molecule has 10 nitrogen and oxygen atoms in total. The zero-order valence-corrected chi connectivity index (χ0v) is 22.7. The quantitative estimate of drug-likeness (QED) is 0.305. The Morgan fingerprint density at radius 1 is 0.917 bits per heavy atom. The molecule has 0 aromatic heterocycles. The Hall–Kier alpha value is -2.82. The number of amides is 2. The zero-order chi connectivity index (χ0) is 27.8. The summed E-state index contributed by atoms with van der Waals surface area (Å²) in [5, 5.41) is 0.479. The summed E-state index contributed by atoms with van der Waals surface area (Å²) in [4.78, 5) is 44.9. The van der Waals surface area contributed by atoms with Crippen molar-refractivity contribution in [3.8, 4) is 5.75 Å². The SMILES string of the molecule is COC(C)(C)COC(C)(C)CC(C)C.COCc1ccc(OC=O)cc1.O=CON1C(=O)CCC1=O. The predicted molar refractivity (Wildman–Crippen MR) is 133 cm³/mol. The Morgan fingerprint density at radius 3 is 1.89 bits per heavy atom. The molecule has 1 fully saturated rings. The van der Waals surface area contributed by atoms with Crippen LogP contribution in [-0.4, -0.2) is 61.9 Å². The molecule has 1 aliphatic heterocycles. The molecule has 1 aliphatic rings. The maximum atomic E-state index is 10.6. The van der Waals surface area contributed by atoms with Gasteiger partial charge < -0.3 is 23.8 Å². The summed E-state index contributed by atoms with van der Waals surface area (Å²) < 4.78 is 20.7. The van der Waals surface area contributed by atoms with E-state index in [1.165, 1.54) is 0 Å². The van der Waals surface area contributed by atoms with Gasteiger partial charge in [0.2, 0.25) is 0 Å². The molecule has 0 bridgehead atoms. The lowest BCUT2D eigenvalue weighted by molar-refractivity contribution is -0.188. The smallest absolute Gasteiger partial charge is 0.321 e. The second kappa shape index (κ2) is 16.8. The van der Waals surface area contributed by atoms with E-state index in [9.17, 15) is 19.2 Å². The Labute approximate surface area is 214 Å². The maximum absolute atomic E-state index is 10.6. The predicted octanol–water partition coefficient (Wildman–Crippen LogP) is 3.84. The van der Waals surface area contributed by atoms with Crippen LogP contribution < -0.4 is 4.74 Å². The van der Waals surface area contributed by atoms with Crippen LogP contribution >= 0.6 is 0 Å². The second-order valence-electron chi connectivity index (χ2n) is 9.68. The first-order valence-electron chi connectivity index (χ1n) is 11.6. The van der Waals surface area contributed by atoms with E-state index in [0.29, 0.717) is 36.4 Å². The Morgan fingerprint density at radius 2 is 1.47 bits per heavy atom. The summed E-state index contributed by atoms with van der Waals surface area (Å²) in [5.74, 6) is 0.287. The number of imide groups is 1. The van der Waals surface area contributed by atoms with Crippen molar-refractivity contribution >= 4 is 24.8 Å². The standard InChI is InChI=1S/C12H26O2.C9H10O3.C5H5NO4/c1-10(2)8-11(3,4)14-9-12(5,6)13-7;1-11-6-8-2-4-9(5-3-8)12-7-10;7-3-10-6-4(8)1-2-5(6)9/h10H,8-9H2,1-7H3;2-5,7H,6H2,1H3;3H,1-2H2. The normalized spacial score (nSPS) is 13.4. The molecule has 0 saturated carbocycles. The molecular formula is C26H41NO9. The highest BCUT2D eigenvalue weighted by molar-refractivity contribution is 6.01. The summed E-state index contributed by atoms with van der Waals surface area (Å²) in [6.45, 7) is 14.5. The molecule has 1 saturated heterocycles. The van der Waals surface area contributed by atoms with Crippen LogP contribution in [0.3, 0.4) is 0 Å². The van der Waals surface area contributed by atoms with Crippen molar-refractivity contribution in [3.05, 3.63) is 29.8 Å². The first-order chi connectivity index (χ1) is 16.8. The lowest BCUT2D eigenvalue weighted by Crippen LogP contribution is -2.36. The van der Waals surface area contributed by atoms with E-state index in [2.05, 4.69) is 37.3 Å². The minimum atomic E-state index is -0.461. The van der Waals surface area contributed by atoms with Gasteiger partial charge in [0, 0.05) is 27.1 Å². The molecule has 0 spiro atoms. The van der Waals surface area contributed by atoms with Crippen LogP contribution in [0.1, 0.15) is 66.4 Å². The Kier molecular flexibility index (Phi) is 15.5.